The predicted octanol–water partition coefficient (Wildman–Crippen LogP) is 1.85. The number of aliphatic hydroxyl groups excluding tert-OH is 1. The molecular weight excluding hydrogens is 265 g/mol. The van der Waals surface area contributed by atoms with Crippen LogP contribution in [0.25, 0.3) is 0 Å². The fourth-order valence-electron chi connectivity index (χ4n) is 1.35. The summed E-state index contributed by atoms with van der Waals surface area (Å²) in [5, 5.41) is 12.5. The van der Waals surface area contributed by atoms with Crippen molar-refractivity contribution in [2.24, 2.45) is 0 Å². The van der Waals surface area contributed by atoms with E-state index >= 15 is 0 Å². The van der Waals surface area contributed by atoms with Crippen LogP contribution in [0.5, 0.6) is 5.75 Å². The topological polar surface area (TPSA) is 41.5 Å². The third-order valence-electron chi connectivity index (χ3n) is 2.01. The van der Waals surface area contributed by atoms with Crippen molar-refractivity contribution in [2.75, 3.05) is 20.7 Å². The van der Waals surface area contributed by atoms with Gasteiger partial charge in [0.2, 0.25) is 0 Å². The average molecular weight is 278 g/mol. The van der Waals surface area contributed by atoms with Gasteiger partial charge in [-0.05, 0) is 19.2 Å². The highest BCUT2D eigenvalue weighted by molar-refractivity contribution is 9.10. The summed E-state index contributed by atoms with van der Waals surface area (Å²) in [4.78, 5) is 0. The van der Waals surface area contributed by atoms with Crippen molar-refractivity contribution in [3.05, 3.63) is 28.0 Å². The summed E-state index contributed by atoms with van der Waals surface area (Å²) in [5.74, 6) is -0.145. The molecule has 0 bridgehead atoms. The van der Waals surface area contributed by atoms with Gasteiger partial charge in [0.15, 0.2) is 0 Å². The Morgan fingerprint density at radius 1 is 1.60 bits per heavy atom. The number of hydrogen-bond acceptors (Lipinski definition) is 3. The van der Waals surface area contributed by atoms with Gasteiger partial charge in [-0.1, -0.05) is 15.9 Å². The van der Waals surface area contributed by atoms with E-state index < -0.39 is 11.9 Å². The van der Waals surface area contributed by atoms with Crippen molar-refractivity contribution in [1.29, 1.82) is 0 Å². The van der Waals surface area contributed by atoms with Crippen molar-refractivity contribution in [3.8, 4) is 5.75 Å². The Balaban J connectivity index is 3.14. The summed E-state index contributed by atoms with van der Waals surface area (Å²) in [5.41, 5.74) is 0.176. The van der Waals surface area contributed by atoms with Crippen LogP contribution in [0.4, 0.5) is 4.39 Å². The van der Waals surface area contributed by atoms with E-state index in [1.807, 2.05) is 0 Å². The summed E-state index contributed by atoms with van der Waals surface area (Å²) in [6, 6.07) is 2.92. The summed E-state index contributed by atoms with van der Waals surface area (Å²) >= 11 is 3.16. The Bertz CT molecular complexity index is 346. The van der Waals surface area contributed by atoms with Crippen molar-refractivity contribution in [3.63, 3.8) is 0 Å². The molecule has 0 aliphatic carbocycles. The van der Waals surface area contributed by atoms with Gasteiger partial charge < -0.3 is 15.2 Å². The van der Waals surface area contributed by atoms with Gasteiger partial charge in [0, 0.05) is 11.0 Å². The summed E-state index contributed by atoms with van der Waals surface area (Å²) in [7, 11) is 3.13. The molecule has 2 N–H and O–H groups in total. The standard InChI is InChI=1S/C10H13BrFNO2/c1-13-5-8(14)10-7(12)3-6(11)4-9(10)15-2/h3-4,8,13-14H,5H2,1-2H3. The highest BCUT2D eigenvalue weighted by Gasteiger charge is 2.18. The summed E-state index contributed by atoms with van der Waals surface area (Å²) in [6.07, 6.45) is -0.918. The lowest BCUT2D eigenvalue weighted by atomic mass is 10.1. The number of methoxy groups -OCH3 is 1. The molecule has 1 rings (SSSR count). The highest BCUT2D eigenvalue weighted by Crippen LogP contribution is 2.31. The molecule has 0 aliphatic rings. The molecule has 84 valence electrons. The van der Waals surface area contributed by atoms with E-state index in [2.05, 4.69) is 21.2 Å². The van der Waals surface area contributed by atoms with Gasteiger partial charge in [-0.25, -0.2) is 4.39 Å². The lowest BCUT2D eigenvalue weighted by molar-refractivity contribution is 0.168. The van der Waals surface area contributed by atoms with Crippen LogP contribution in [0.15, 0.2) is 16.6 Å². The molecule has 1 unspecified atom stereocenters. The lowest BCUT2D eigenvalue weighted by Crippen LogP contribution is -2.18. The number of likely N-dealkylation sites (N-methyl/N-ethyl adjacent to an activating group) is 1. The lowest BCUT2D eigenvalue weighted by Gasteiger charge is -2.15. The van der Waals surface area contributed by atoms with Crippen LogP contribution in [0.1, 0.15) is 11.7 Å². The zero-order valence-corrected chi connectivity index (χ0v) is 10.1. The number of aliphatic hydroxyl groups is 1. The second-order valence-electron chi connectivity index (χ2n) is 3.08. The third-order valence-corrected chi connectivity index (χ3v) is 2.46. The van der Waals surface area contributed by atoms with Crippen LogP contribution in [0.3, 0.4) is 0 Å². The van der Waals surface area contributed by atoms with E-state index in [4.69, 9.17) is 4.74 Å². The first-order valence-corrected chi connectivity index (χ1v) is 5.25. The van der Waals surface area contributed by atoms with Gasteiger partial charge >= 0.3 is 0 Å². The van der Waals surface area contributed by atoms with E-state index in [0.717, 1.165) is 0 Å². The minimum Gasteiger partial charge on any atom is -0.496 e. The molecular formula is C10H13BrFNO2. The highest BCUT2D eigenvalue weighted by atomic mass is 79.9. The van der Waals surface area contributed by atoms with E-state index in [-0.39, 0.29) is 12.1 Å². The molecule has 0 saturated heterocycles. The average Bonchev–Trinajstić information content (AvgIpc) is 2.16. The van der Waals surface area contributed by atoms with E-state index in [0.29, 0.717) is 10.2 Å². The second kappa shape index (κ2) is 5.44. The maximum Gasteiger partial charge on any atom is 0.133 e. The Morgan fingerprint density at radius 3 is 2.80 bits per heavy atom. The van der Waals surface area contributed by atoms with Gasteiger partial charge in [-0.2, -0.15) is 0 Å². The molecule has 1 aromatic rings. The fourth-order valence-corrected chi connectivity index (χ4v) is 1.76. The zero-order valence-electron chi connectivity index (χ0n) is 8.55. The van der Waals surface area contributed by atoms with E-state index in [1.54, 1.807) is 13.1 Å². The smallest absolute Gasteiger partial charge is 0.133 e. The molecule has 0 radical (unpaired) electrons. The van der Waals surface area contributed by atoms with Crippen LogP contribution < -0.4 is 10.1 Å². The third kappa shape index (κ3) is 2.90. The maximum atomic E-state index is 13.6. The monoisotopic (exact) mass is 277 g/mol. The van der Waals surface area contributed by atoms with Crippen molar-refractivity contribution in [1.82, 2.24) is 5.32 Å². The van der Waals surface area contributed by atoms with Crippen LogP contribution in [0, 0.1) is 5.82 Å². The number of halogens is 2. The number of benzene rings is 1. The van der Waals surface area contributed by atoms with Gasteiger partial charge in [-0.15, -0.1) is 0 Å². The zero-order chi connectivity index (χ0) is 11.4. The molecule has 0 aromatic heterocycles. The first-order chi connectivity index (χ1) is 7.10. The second-order valence-corrected chi connectivity index (χ2v) is 3.99. The number of ether oxygens (including phenoxy) is 1. The Kier molecular flexibility index (Phi) is 4.50. The SMILES string of the molecule is CNCC(O)c1c(F)cc(Br)cc1OC. The fraction of sp³-hybridized carbons (Fsp3) is 0.400. The molecule has 5 heteroatoms. The van der Waals surface area contributed by atoms with Crippen LogP contribution in [-0.4, -0.2) is 25.8 Å². The number of nitrogens with one attached hydrogen (secondary N) is 1. The Morgan fingerprint density at radius 2 is 2.27 bits per heavy atom. The first kappa shape index (κ1) is 12.4. The minimum atomic E-state index is -0.918. The number of hydrogen-bond donors (Lipinski definition) is 2. The van der Waals surface area contributed by atoms with Gasteiger partial charge in [-0.3, -0.25) is 0 Å². The summed E-state index contributed by atoms with van der Waals surface area (Å²) < 4.78 is 19.2. The molecule has 0 spiro atoms. The molecule has 3 nitrogen and oxygen atoms in total. The van der Waals surface area contributed by atoms with E-state index in [1.165, 1.54) is 13.2 Å². The molecule has 0 saturated carbocycles. The van der Waals surface area contributed by atoms with Crippen LogP contribution in [0.2, 0.25) is 0 Å². The van der Waals surface area contributed by atoms with Crippen molar-refractivity contribution >= 4 is 15.9 Å². The normalized spacial score (nSPS) is 12.6. The van der Waals surface area contributed by atoms with Crippen molar-refractivity contribution < 1.29 is 14.2 Å². The quantitative estimate of drug-likeness (QED) is 0.883. The molecule has 15 heavy (non-hydrogen) atoms. The molecule has 0 heterocycles. The number of rotatable bonds is 4. The summed E-state index contributed by atoms with van der Waals surface area (Å²) in [6.45, 7) is 0.273. The molecule has 1 aromatic carbocycles. The van der Waals surface area contributed by atoms with Gasteiger partial charge in [0.05, 0.1) is 18.8 Å². The Labute approximate surface area is 96.4 Å². The first-order valence-electron chi connectivity index (χ1n) is 4.45. The van der Waals surface area contributed by atoms with Gasteiger partial charge in [0.1, 0.15) is 11.6 Å². The predicted molar refractivity (Wildman–Crippen MR) is 59.5 cm³/mol. The minimum absolute atomic E-state index is 0.176. The molecule has 0 amide bonds. The molecule has 0 aliphatic heterocycles. The van der Waals surface area contributed by atoms with Crippen LogP contribution in [-0.2, 0) is 0 Å². The van der Waals surface area contributed by atoms with Crippen LogP contribution >= 0.6 is 15.9 Å². The van der Waals surface area contributed by atoms with Crippen molar-refractivity contribution in [2.45, 2.75) is 6.10 Å². The molecule has 0 fully saturated rings. The maximum absolute atomic E-state index is 13.6. The van der Waals surface area contributed by atoms with Gasteiger partial charge in [0.25, 0.3) is 0 Å². The molecule has 1 atom stereocenters. The van der Waals surface area contributed by atoms with E-state index in [9.17, 15) is 9.50 Å². The largest absolute Gasteiger partial charge is 0.496 e. The Hall–Kier alpha value is -0.650.